The van der Waals surface area contributed by atoms with Crippen molar-refractivity contribution in [1.82, 2.24) is 14.7 Å². The fourth-order valence-electron chi connectivity index (χ4n) is 3.57. The van der Waals surface area contributed by atoms with Crippen LogP contribution in [0.2, 0.25) is 0 Å². The number of aromatic nitrogens is 2. The molecule has 0 radical (unpaired) electrons. The number of hydrogen-bond donors (Lipinski definition) is 0. The Morgan fingerprint density at radius 3 is 2.90 bits per heavy atom. The number of hydrogen-bond acceptors (Lipinski definition) is 4. The van der Waals surface area contributed by atoms with Gasteiger partial charge >= 0.3 is 0 Å². The van der Waals surface area contributed by atoms with Gasteiger partial charge in [-0.15, -0.1) is 0 Å². The number of nitrogens with zero attached hydrogens (tertiary/aromatic N) is 3. The van der Waals surface area contributed by atoms with Gasteiger partial charge in [0.2, 0.25) is 11.8 Å². The highest BCUT2D eigenvalue weighted by atomic mass is 16.5. The van der Waals surface area contributed by atoms with E-state index >= 15 is 0 Å². The molecular weight excluding hydrogens is 270 g/mol. The van der Waals surface area contributed by atoms with Crippen molar-refractivity contribution in [3.05, 3.63) is 11.3 Å². The lowest BCUT2D eigenvalue weighted by molar-refractivity contribution is -0.136. The molecule has 116 valence electrons. The third kappa shape index (κ3) is 2.41. The van der Waals surface area contributed by atoms with Gasteiger partial charge in [0.25, 0.3) is 0 Å². The summed E-state index contributed by atoms with van der Waals surface area (Å²) in [5.41, 5.74) is 2.01. The SMILES string of the molecule is COc1c([C@@H]2CCCN2C(=O)[C@@H]2CCOC2)c(C)nn1C. The molecule has 2 fully saturated rings. The Morgan fingerprint density at radius 1 is 1.43 bits per heavy atom. The van der Waals surface area contributed by atoms with Gasteiger partial charge < -0.3 is 14.4 Å². The van der Waals surface area contributed by atoms with Crippen LogP contribution in [0.1, 0.15) is 36.6 Å². The van der Waals surface area contributed by atoms with Gasteiger partial charge in [0.15, 0.2) is 0 Å². The molecule has 3 heterocycles. The molecule has 2 saturated heterocycles. The van der Waals surface area contributed by atoms with Gasteiger partial charge in [0.05, 0.1) is 36.9 Å². The normalized spacial score (nSPS) is 25.6. The summed E-state index contributed by atoms with van der Waals surface area (Å²) >= 11 is 0. The van der Waals surface area contributed by atoms with Gasteiger partial charge in [-0.05, 0) is 26.2 Å². The Morgan fingerprint density at radius 2 is 2.24 bits per heavy atom. The maximum Gasteiger partial charge on any atom is 0.228 e. The third-order valence-corrected chi connectivity index (χ3v) is 4.56. The molecule has 1 aromatic heterocycles. The van der Waals surface area contributed by atoms with Crippen LogP contribution in [-0.2, 0) is 16.6 Å². The molecule has 1 amide bonds. The van der Waals surface area contributed by atoms with E-state index in [1.165, 1.54) is 0 Å². The van der Waals surface area contributed by atoms with Crippen molar-refractivity contribution in [1.29, 1.82) is 0 Å². The maximum atomic E-state index is 12.7. The molecule has 0 spiro atoms. The molecule has 0 unspecified atom stereocenters. The van der Waals surface area contributed by atoms with E-state index in [4.69, 9.17) is 9.47 Å². The summed E-state index contributed by atoms with van der Waals surface area (Å²) in [6.45, 7) is 4.06. The summed E-state index contributed by atoms with van der Waals surface area (Å²) in [5.74, 6) is 1.01. The first-order valence-electron chi connectivity index (χ1n) is 7.59. The van der Waals surface area contributed by atoms with E-state index in [-0.39, 0.29) is 17.9 Å². The van der Waals surface area contributed by atoms with Crippen molar-refractivity contribution >= 4 is 5.91 Å². The minimum Gasteiger partial charge on any atom is -0.481 e. The van der Waals surface area contributed by atoms with E-state index in [0.29, 0.717) is 13.2 Å². The quantitative estimate of drug-likeness (QED) is 0.846. The van der Waals surface area contributed by atoms with Crippen LogP contribution in [0.5, 0.6) is 5.88 Å². The predicted molar refractivity (Wildman–Crippen MR) is 77.1 cm³/mol. The van der Waals surface area contributed by atoms with E-state index in [0.717, 1.165) is 42.9 Å². The Hall–Kier alpha value is -1.56. The maximum absolute atomic E-state index is 12.7. The molecule has 3 rings (SSSR count). The summed E-state index contributed by atoms with van der Waals surface area (Å²) in [6.07, 6.45) is 2.84. The van der Waals surface area contributed by atoms with Crippen LogP contribution in [-0.4, -0.2) is 47.5 Å². The molecule has 0 N–H and O–H groups in total. The Labute approximate surface area is 125 Å². The molecule has 6 nitrogen and oxygen atoms in total. The van der Waals surface area contributed by atoms with E-state index in [1.807, 2.05) is 18.9 Å². The van der Waals surface area contributed by atoms with Gasteiger partial charge in [-0.3, -0.25) is 4.79 Å². The standard InChI is InChI=1S/C15H23N3O3/c1-10-13(15(20-3)17(2)16-10)12-5-4-7-18(12)14(19)11-6-8-21-9-11/h11-12H,4-9H2,1-3H3/t11-,12+/m1/s1. The Bertz CT molecular complexity index is 535. The average Bonchev–Trinajstić information content (AvgIpc) is 3.16. The highest BCUT2D eigenvalue weighted by Gasteiger charge is 2.38. The molecule has 2 aliphatic heterocycles. The average molecular weight is 293 g/mol. The lowest BCUT2D eigenvalue weighted by Gasteiger charge is -2.27. The second-order valence-electron chi connectivity index (χ2n) is 5.88. The minimum atomic E-state index is 0.0218. The molecule has 0 aliphatic carbocycles. The summed E-state index contributed by atoms with van der Waals surface area (Å²) < 4.78 is 12.6. The first-order valence-corrected chi connectivity index (χ1v) is 7.59. The molecule has 6 heteroatoms. The Balaban J connectivity index is 1.88. The zero-order valence-corrected chi connectivity index (χ0v) is 13.0. The summed E-state index contributed by atoms with van der Waals surface area (Å²) in [5, 5.41) is 4.45. The van der Waals surface area contributed by atoms with Crippen molar-refractivity contribution in [2.75, 3.05) is 26.9 Å². The monoisotopic (exact) mass is 293 g/mol. The molecule has 21 heavy (non-hydrogen) atoms. The first kappa shape index (κ1) is 14.4. The van der Waals surface area contributed by atoms with E-state index in [1.54, 1.807) is 11.8 Å². The van der Waals surface area contributed by atoms with Crippen LogP contribution in [0.3, 0.4) is 0 Å². The number of carbonyl (C=O) groups is 1. The molecular formula is C15H23N3O3. The fourth-order valence-corrected chi connectivity index (χ4v) is 3.57. The van der Waals surface area contributed by atoms with Crippen molar-refractivity contribution in [2.45, 2.75) is 32.2 Å². The van der Waals surface area contributed by atoms with E-state index in [2.05, 4.69) is 5.10 Å². The van der Waals surface area contributed by atoms with Crippen LogP contribution in [0.4, 0.5) is 0 Å². The van der Waals surface area contributed by atoms with Crippen molar-refractivity contribution < 1.29 is 14.3 Å². The zero-order valence-electron chi connectivity index (χ0n) is 13.0. The highest BCUT2D eigenvalue weighted by Crippen LogP contribution is 2.39. The second-order valence-corrected chi connectivity index (χ2v) is 5.88. The predicted octanol–water partition coefficient (Wildman–Crippen LogP) is 1.44. The van der Waals surface area contributed by atoms with Gasteiger partial charge in [-0.2, -0.15) is 5.10 Å². The molecule has 0 saturated carbocycles. The third-order valence-electron chi connectivity index (χ3n) is 4.56. The highest BCUT2D eigenvalue weighted by molar-refractivity contribution is 5.80. The number of aryl methyl sites for hydroxylation is 2. The van der Waals surface area contributed by atoms with Crippen LogP contribution >= 0.6 is 0 Å². The molecule has 1 aromatic rings. The second kappa shape index (κ2) is 5.67. The lowest BCUT2D eigenvalue weighted by atomic mass is 10.0. The van der Waals surface area contributed by atoms with Gasteiger partial charge in [0.1, 0.15) is 0 Å². The largest absolute Gasteiger partial charge is 0.481 e. The number of ether oxygens (including phenoxy) is 2. The van der Waals surface area contributed by atoms with Gasteiger partial charge in [0, 0.05) is 20.2 Å². The van der Waals surface area contributed by atoms with E-state index in [9.17, 15) is 4.79 Å². The molecule has 2 aliphatic rings. The van der Waals surface area contributed by atoms with Crippen molar-refractivity contribution in [3.63, 3.8) is 0 Å². The fraction of sp³-hybridized carbons (Fsp3) is 0.733. The van der Waals surface area contributed by atoms with Crippen LogP contribution in [0.25, 0.3) is 0 Å². The first-order chi connectivity index (χ1) is 10.1. The smallest absolute Gasteiger partial charge is 0.228 e. The molecule has 2 atom stereocenters. The molecule has 0 aromatic carbocycles. The summed E-state index contributed by atoms with van der Waals surface area (Å²) in [6, 6.07) is 0.0850. The number of methoxy groups -OCH3 is 1. The number of rotatable bonds is 3. The van der Waals surface area contributed by atoms with Crippen molar-refractivity contribution in [2.24, 2.45) is 13.0 Å². The zero-order chi connectivity index (χ0) is 15.0. The Kier molecular flexibility index (Phi) is 3.89. The van der Waals surface area contributed by atoms with Crippen LogP contribution in [0, 0.1) is 12.8 Å². The summed E-state index contributed by atoms with van der Waals surface area (Å²) in [7, 11) is 3.53. The van der Waals surface area contributed by atoms with Gasteiger partial charge in [-0.1, -0.05) is 0 Å². The lowest BCUT2D eigenvalue weighted by Crippen LogP contribution is -2.36. The molecule has 0 bridgehead atoms. The van der Waals surface area contributed by atoms with Crippen LogP contribution < -0.4 is 4.74 Å². The summed E-state index contributed by atoms with van der Waals surface area (Å²) in [4.78, 5) is 14.7. The number of amides is 1. The van der Waals surface area contributed by atoms with Crippen LogP contribution in [0.15, 0.2) is 0 Å². The topological polar surface area (TPSA) is 56.6 Å². The van der Waals surface area contributed by atoms with E-state index < -0.39 is 0 Å². The minimum absolute atomic E-state index is 0.0218. The number of carbonyl (C=O) groups excluding carboxylic acids is 1. The van der Waals surface area contributed by atoms with Crippen molar-refractivity contribution in [3.8, 4) is 5.88 Å². The number of likely N-dealkylation sites (tertiary alicyclic amines) is 1. The van der Waals surface area contributed by atoms with Gasteiger partial charge in [-0.25, -0.2) is 4.68 Å².